The van der Waals surface area contributed by atoms with Crippen LogP contribution in [-0.4, -0.2) is 11.2 Å². The van der Waals surface area contributed by atoms with Gasteiger partial charge in [-0.2, -0.15) is 0 Å². The second kappa shape index (κ2) is 9.43. The number of aliphatic hydroxyl groups is 1. The lowest BCUT2D eigenvalue weighted by Crippen LogP contribution is -2.09. The van der Waals surface area contributed by atoms with Crippen LogP contribution in [0, 0.1) is 0 Å². The van der Waals surface area contributed by atoms with E-state index in [4.69, 9.17) is 0 Å². The normalized spacial score (nSPS) is 11.8. The van der Waals surface area contributed by atoms with Gasteiger partial charge >= 0.3 is 0 Å². The Bertz CT molecular complexity index is 1020. The standard InChI is InChI=1S/C28H27NO/c1-2-28(30)21-22-10-9-11-24(20-22)23-16-18-27(19-17-23)29(25-12-5-3-6-13-25)26-14-7-4-8-15-26/h3-20,28,30H,2,21H2,1H3. The van der Waals surface area contributed by atoms with E-state index < -0.39 is 0 Å². The van der Waals surface area contributed by atoms with Gasteiger partial charge in [-0.3, -0.25) is 0 Å². The molecule has 0 heterocycles. The SMILES string of the molecule is CCC(O)Cc1cccc(-c2ccc(N(c3ccccc3)c3ccccc3)cc2)c1. The topological polar surface area (TPSA) is 23.5 Å². The molecule has 0 fully saturated rings. The molecular formula is C28H27NO. The number of hydrogen-bond acceptors (Lipinski definition) is 2. The molecule has 4 aromatic carbocycles. The van der Waals surface area contributed by atoms with Gasteiger partial charge in [-0.15, -0.1) is 0 Å². The fraction of sp³-hybridized carbons (Fsp3) is 0.143. The summed E-state index contributed by atoms with van der Waals surface area (Å²) in [6, 6.07) is 38.0. The van der Waals surface area contributed by atoms with Crippen molar-refractivity contribution in [2.24, 2.45) is 0 Å². The third-order valence-corrected chi connectivity index (χ3v) is 5.36. The molecule has 4 aromatic rings. The van der Waals surface area contributed by atoms with Gasteiger partial charge in [-0.1, -0.05) is 79.7 Å². The summed E-state index contributed by atoms with van der Waals surface area (Å²) in [6.45, 7) is 2.01. The molecule has 1 unspecified atom stereocenters. The maximum atomic E-state index is 9.98. The fourth-order valence-corrected chi connectivity index (χ4v) is 3.70. The summed E-state index contributed by atoms with van der Waals surface area (Å²) in [5.74, 6) is 0. The number of hydrogen-bond donors (Lipinski definition) is 1. The molecule has 2 nitrogen and oxygen atoms in total. The summed E-state index contributed by atoms with van der Waals surface area (Å²) >= 11 is 0. The minimum atomic E-state index is -0.284. The van der Waals surface area contributed by atoms with E-state index in [2.05, 4.69) is 102 Å². The number of para-hydroxylation sites is 2. The summed E-state index contributed by atoms with van der Waals surface area (Å²) in [7, 11) is 0. The zero-order valence-electron chi connectivity index (χ0n) is 17.3. The first-order chi connectivity index (χ1) is 14.7. The maximum Gasteiger partial charge on any atom is 0.0577 e. The molecule has 0 radical (unpaired) electrons. The van der Waals surface area contributed by atoms with Crippen LogP contribution in [-0.2, 0) is 6.42 Å². The predicted molar refractivity (Wildman–Crippen MR) is 127 cm³/mol. The van der Waals surface area contributed by atoms with Gasteiger partial charge in [0.25, 0.3) is 0 Å². The zero-order valence-corrected chi connectivity index (χ0v) is 17.3. The summed E-state index contributed by atoms with van der Waals surface area (Å²) in [5, 5.41) is 9.98. The lowest BCUT2D eigenvalue weighted by molar-refractivity contribution is 0.171. The Balaban J connectivity index is 1.66. The first-order valence-corrected chi connectivity index (χ1v) is 10.5. The van der Waals surface area contributed by atoms with Crippen LogP contribution >= 0.6 is 0 Å². The van der Waals surface area contributed by atoms with Crippen molar-refractivity contribution in [1.29, 1.82) is 0 Å². The van der Waals surface area contributed by atoms with E-state index in [-0.39, 0.29) is 6.10 Å². The Morgan fingerprint density at radius 1 is 0.633 bits per heavy atom. The molecule has 150 valence electrons. The van der Waals surface area contributed by atoms with Gasteiger partial charge in [-0.05, 0) is 65.9 Å². The summed E-state index contributed by atoms with van der Waals surface area (Å²) < 4.78 is 0. The number of rotatable bonds is 7. The minimum absolute atomic E-state index is 0.284. The van der Waals surface area contributed by atoms with E-state index in [1.54, 1.807) is 0 Å². The first-order valence-electron chi connectivity index (χ1n) is 10.5. The third kappa shape index (κ3) is 4.61. The molecule has 0 amide bonds. The Morgan fingerprint density at radius 3 is 1.77 bits per heavy atom. The number of nitrogens with zero attached hydrogens (tertiary/aromatic N) is 1. The third-order valence-electron chi connectivity index (χ3n) is 5.36. The quantitative estimate of drug-likeness (QED) is 0.361. The molecule has 0 spiro atoms. The van der Waals surface area contributed by atoms with Crippen molar-refractivity contribution in [1.82, 2.24) is 0 Å². The zero-order chi connectivity index (χ0) is 20.8. The van der Waals surface area contributed by atoms with Crippen molar-refractivity contribution in [3.8, 4) is 11.1 Å². The van der Waals surface area contributed by atoms with Crippen LogP contribution in [0.2, 0.25) is 0 Å². The van der Waals surface area contributed by atoms with Crippen molar-refractivity contribution in [2.75, 3.05) is 4.90 Å². The van der Waals surface area contributed by atoms with E-state index in [0.29, 0.717) is 6.42 Å². The smallest absolute Gasteiger partial charge is 0.0577 e. The molecule has 0 aliphatic rings. The van der Waals surface area contributed by atoms with E-state index >= 15 is 0 Å². The molecule has 0 aliphatic carbocycles. The Labute approximate surface area is 179 Å². The largest absolute Gasteiger partial charge is 0.393 e. The Morgan fingerprint density at radius 2 is 1.20 bits per heavy atom. The van der Waals surface area contributed by atoms with Crippen molar-refractivity contribution < 1.29 is 5.11 Å². The van der Waals surface area contributed by atoms with Crippen LogP contribution in [0.5, 0.6) is 0 Å². The molecule has 2 heteroatoms. The van der Waals surface area contributed by atoms with E-state index in [1.807, 2.05) is 19.1 Å². The molecule has 4 rings (SSSR count). The maximum absolute atomic E-state index is 9.98. The summed E-state index contributed by atoms with van der Waals surface area (Å²) in [5.41, 5.74) is 6.90. The number of benzene rings is 4. The van der Waals surface area contributed by atoms with Gasteiger partial charge in [0.05, 0.1) is 6.10 Å². The highest BCUT2D eigenvalue weighted by atomic mass is 16.3. The number of anilines is 3. The monoisotopic (exact) mass is 393 g/mol. The fourth-order valence-electron chi connectivity index (χ4n) is 3.70. The van der Waals surface area contributed by atoms with Gasteiger partial charge in [-0.25, -0.2) is 0 Å². The molecule has 0 saturated carbocycles. The molecule has 0 aliphatic heterocycles. The van der Waals surface area contributed by atoms with Gasteiger partial charge < -0.3 is 10.0 Å². The second-order valence-electron chi connectivity index (χ2n) is 7.52. The summed E-state index contributed by atoms with van der Waals surface area (Å²) in [6.07, 6.45) is 1.18. The molecule has 0 saturated heterocycles. The average molecular weight is 394 g/mol. The van der Waals surface area contributed by atoms with Crippen LogP contribution in [0.15, 0.2) is 109 Å². The van der Waals surface area contributed by atoms with Gasteiger partial charge in [0.1, 0.15) is 0 Å². The highest BCUT2D eigenvalue weighted by Gasteiger charge is 2.12. The minimum Gasteiger partial charge on any atom is -0.393 e. The molecule has 30 heavy (non-hydrogen) atoms. The predicted octanol–water partition coefficient (Wildman–Crippen LogP) is 7.14. The Hall–Kier alpha value is -3.36. The molecule has 1 atom stereocenters. The summed E-state index contributed by atoms with van der Waals surface area (Å²) in [4.78, 5) is 2.26. The van der Waals surface area contributed by atoms with Crippen molar-refractivity contribution >= 4 is 17.1 Å². The van der Waals surface area contributed by atoms with Gasteiger partial charge in [0.15, 0.2) is 0 Å². The van der Waals surface area contributed by atoms with E-state index in [1.165, 1.54) is 16.7 Å². The lowest BCUT2D eigenvalue weighted by Gasteiger charge is -2.25. The first kappa shape index (κ1) is 19.9. The molecule has 0 bridgehead atoms. The van der Waals surface area contributed by atoms with Crippen LogP contribution < -0.4 is 4.90 Å². The van der Waals surface area contributed by atoms with Gasteiger partial charge in [0, 0.05) is 17.1 Å². The van der Waals surface area contributed by atoms with E-state index in [0.717, 1.165) is 23.5 Å². The van der Waals surface area contributed by atoms with Crippen molar-refractivity contribution in [3.63, 3.8) is 0 Å². The molecule has 1 N–H and O–H groups in total. The van der Waals surface area contributed by atoms with Gasteiger partial charge in [0.2, 0.25) is 0 Å². The molecule has 0 aromatic heterocycles. The highest BCUT2D eigenvalue weighted by molar-refractivity contribution is 5.78. The molecular weight excluding hydrogens is 366 g/mol. The van der Waals surface area contributed by atoms with Crippen LogP contribution in [0.3, 0.4) is 0 Å². The Kier molecular flexibility index (Phi) is 6.26. The van der Waals surface area contributed by atoms with Crippen molar-refractivity contribution in [2.45, 2.75) is 25.9 Å². The van der Waals surface area contributed by atoms with Crippen LogP contribution in [0.25, 0.3) is 11.1 Å². The number of aliphatic hydroxyl groups excluding tert-OH is 1. The van der Waals surface area contributed by atoms with Crippen LogP contribution in [0.1, 0.15) is 18.9 Å². The average Bonchev–Trinajstić information content (AvgIpc) is 2.81. The lowest BCUT2D eigenvalue weighted by atomic mass is 9.99. The van der Waals surface area contributed by atoms with E-state index in [9.17, 15) is 5.11 Å². The second-order valence-corrected chi connectivity index (χ2v) is 7.52. The van der Waals surface area contributed by atoms with Crippen LogP contribution in [0.4, 0.5) is 17.1 Å². The highest BCUT2D eigenvalue weighted by Crippen LogP contribution is 2.35. The van der Waals surface area contributed by atoms with Crippen molar-refractivity contribution in [3.05, 3.63) is 115 Å².